The van der Waals surface area contributed by atoms with E-state index in [1.54, 1.807) is 6.07 Å². The summed E-state index contributed by atoms with van der Waals surface area (Å²) in [5.74, 6) is 1.16. The first-order valence-corrected chi connectivity index (χ1v) is 9.44. The second-order valence-corrected chi connectivity index (χ2v) is 7.64. The summed E-state index contributed by atoms with van der Waals surface area (Å²) in [5.41, 5.74) is 3.17. The molecule has 1 heterocycles. The number of amides is 1. The minimum absolute atomic E-state index is 0.0320. The molecule has 0 radical (unpaired) electrons. The van der Waals surface area contributed by atoms with Gasteiger partial charge in [-0.05, 0) is 59.7 Å². The summed E-state index contributed by atoms with van der Waals surface area (Å²) in [7, 11) is 0. The third-order valence-corrected chi connectivity index (χ3v) is 5.50. The van der Waals surface area contributed by atoms with Crippen molar-refractivity contribution in [2.75, 3.05) is 6.61 Å². The number of hydrogen-bond donors (Lipinski definition) is 2. The first kappa shape index (κ1) is 17.4. The Hall–Kier alpha value is -2.04. The Morgan fingerprint density at radius 2 is 2.12 bits per heavy atom. The maximum atomic E-state index is 12.6. The molecule has 1 atom stereocenters. The molecular formula is C21H22ClNO3. The first-order chi connectivity index (χ1) is 12.6. The Morgan fingerprint density at radius 1 is 1.27 bits per heavy atom. The molecule has 1 amide bonds. The lowest BCUT2D eigenvalue weighted by molar-refractivity contribution is -0.122. The van der Waals surface area contributed by atoms with Gasteiger partial charge in [0.2, 0.25) is 5.91 Å². The van der Waals surface area contributed by atoms with Crippen molar-refractivity contribution in [2.45, 2.75) is 37.8 Å². The van der Waals surface area contributed by atoms with E-state index in [0.717, 1.165) is 36.1 Å². The van der Waals surface area contributed by atoms with Crippen LogP contribution in [0.4, 0.5) is 0 Å². The molecule has 4 nitrogen and oxygen atoms in total. The second-order valence-electron chi connectivity index (χ2n) is 7.20. The fourth-order valence-corrected chi connectivity index (χ4v) is 4.05. The van der Waals surface area contributed by atoms with E-state index < -0.39 is 0 Å². The number of benzene rings is 2. The largest absolute Gasteiger partial charge is 0.493 e. The van der Waals surface area contributed by atoms with E-state index in [4.69, 9.17) is 16.3 Å². The third-order valence-electron chi connectivity index (χ3n) is 5.26. The van der Waals surface area contributed by atoms with Gasteiger partial charge in [-0.1, -0.05) is 29.8 Å². The third kappa shape index (κ3) is 3.71. The topological polar surface area (TPSA) is 58.6 Å². The molecule has 2 aromatic carbocycles. The molecule has 0 saturated heterocycles. The normalized spacial score (nSPS) is 22.1. The van der Waals surface area contributed by atoms with Crippen molar-refractivity contribution in [2.24, 2.45) is 5.92 Å². The summed E-state index contributed by atoms with van der Waals surface area (Å²) in [6.45, 7) is 0.715. The van der Waals surface area contributed by atoms with Gasteiger partial charge in [0.15, 0.2) is 0 Å². The van der Waals surface area contributed by atoms with E-state index in [9.17, 15) is 9.90 Å². The van der Waals surface area contributed by atoms with Crippen LogP contribution >= 0.6 is 11.6 Å². The lowest BCUT2D eigenvalue weighted by Gasteiger charge is -2.38. The zero-order valence-corrected chi connectivity index (χ0v) is 15.2. The van der Waals surface area contributed by atoms with Crippen LogP contribution in [0.1, 0.15) is 35.6 Å². The SMILES string of the molecule is O=C(Cc1cccc(Cl)c1)N[C@H](c1ccc2c(c1)CCO2)C1CC(O)C1. The number of hydrogen-bond acceptors (Lipinski definition) is 3. The number of aliphatic hydroxyl groups is 1. The average Bonchev–Trinajstić information content (AvgIpc) is 3.05. The standard InChI is InChI=1S/C21H22ClNO3/c22-17-3-1-2-13(8-17)9-20(25)23-21(16-11-18(24)12-16)15-4-5-19-14(10-15)6-7-26-19/h1-5,8,10,16,18,21,24H,6-7,9,11-12H2,(H,23,25)/t16?,18?,21-/m1/s1. The fraction of sp³-hybridized carbons (Fsp3) is 0.381. The molecule has 2 aliphatic rings. The van der Waals surface area contributed by atoms with Crippen molar-refractivity contribution in [3.8, 4) is 5.75 Å². The molecule has 5 heteroatoms. The number of fused-ring (bicyclic) bond motifs is 1. The number of carbonyl (C=O) groups is 1. The van der Waals surface area contributed by atoms with Gasteiger partial charge in [-0.15, -0.1) is 0 Å². The molecule has 0 aromatic heterocycles. The van der Waals surface area contributed by atoms with E-state index in [2.05, 4.69) is 11.4 Å². The van der Waals surface area contributed by atoms with Crippen LogP contribution in [0, 0.1) is 5.92 Å². The Bertz CT molecular complexity index is 817. The highest BCUT2D eigenvalue weighted by Crippen LogP contribution is 2.39. The van der Waals surface area contributed by atoms with Crippen LogP contribution in [0.15, 0.2) is 42.5 Å². The van der Waals surface area contributed by atoms with E-state index >= 15 is 0 Å². The van der Waals surface area contributed by atoms with Crippen molar-refractivity contribution in [1.82, 2.24) is 5.32 Å². The molecule has 26 heavy (non-hydrogen) atoms. The van der Waals surface area contributed by atoms with Crippen LogP contribution in [0.5, 0.6) is 5.75 Å². The van der Waals surface area contributed by atoms with Crippen LogP contribution in [0.3, 0.4) is 0 Å². The summed E-state index contributed by atoms with van der Waals surface area (Å²) >= 11 is 6.01. The molecule has 2 aromatic rings. The van der Waals surface area contributed by atoms with E-state index in [-0.39, 0.29) is 24.0 Å². The van der Waals surface area contributed by atoms with Crippen molar-refractivity contribution in [3.63, 3.8) is 0 Å². The lowest BCUT2D eigenvalue weighted by Crippen LogP contribution is -2.41. The summed E-state index contributed by atoms with van der Waals surface area (Å²) in [6.07, 6.45) is 2.37. The van der Waals surface area contributed by atoms with Gasteiger partial charge in [-0.25, -0.2) is 0 Å². The first-order valence-electron chi connectivity index (χ1n) is 9.06. The smallest absolute Gasteiger partial charge is 0.224 e. The summed E-state index contributed by atoms with van der Waals surface area (Å²) < 4.78 is 5.58. The van der Waals surface area contributed by atoms with Gasteiger partial charge in [0, 0.05) is 11.4 Å². The minimum Gasteiger partial charge on any atom is -0.493 e. The molecule has 136 valence electrons. The molecule has 0 bridgehead atoms. The van der Waals surface area contributed by atoms with Crippen molar-refractivity contribution >= 4 is 17.5 Å². The number of nitrogens with one attached hydrogen (secondary N) is 1. The molecule has 1 saturated carbocycles. The van der Waals surface area contributed by atoms with Crippen LogP contribution in [-0.4, -0.2) is 23.7 Å². The van der Waals surface area contributed by atoms with Gasteiger partial charge >= 0.3 is 0 Å². The van der Waals surface area contributed by atoms with Crippen LogP contribution < -0.4 is 10.1 Å². The Kier molecular flexibility index (Phi) is 4.88. The Morgan fingerprint density at radius 3 is 2.88 bits per heavy atom. The number of carbonyl (C=O) groups excluding carboxylic acids is 1. The maximum absolute atomic E-state index is 12.6. The summed E-state index contributed by atoms with van der Waals surface area (Å²) in [6, 6.07) is 13.4. The Labute approximate surface area is 158 Å². The highest BCUT2D eigenvalue weighted by molar-refractivity contribution is 6.30. The molecular weight excluding hydrogens is 350 g/mol. The number of ether oxygens (including phenoxy) is 1. The highest BCUT2D eigenvalue weighted by Gasteiger charge is 2.36. The predicted molar refractivity (Wildman–Crippen MR) is 100 cm³/mol. The molecule has 0 unspecified atom stereocenters. The lowest BCUT2D eigenvalue weighted by atomic mass is 9.74. The van der Waals surface area contributed by atoms with Gasteiger partial charge in [0.05, 0.1) is 25.2 Å². The zero-order chi connectivity index (χ0) is 18.1. The van der Waals surface area contributed by atoms with Gasteiger partial charge < -0.3 is 15.2 Å². The maximum Gasteiger partial charge on any atom is 0.224 e. The summed E-state index contributed by atoms with van der Waals surface area (Å²) in [5, 5.41) is 13.5. The van der Waals surface area contributed by atoms with Crippen molar-refractivity contribution in [3.05, 3.63) is 64.2 Å². The number of halogens is 1. The summed E-state index contributed by atoms with van der Waals surface area (Å²) in [4.78, 5) is 12.6. The molecule has 1 aliphatic heterocycles. The zero-order valence-electron chi connectivity index (χ0n) is 14.5. The quantitative estimate of drug-likeness (QED) is 0.846. The molecule has 2 N–H and O–H groups in total. The van der Waals surface area contributed by atoms with Gasteiger partial charge in [-0.3, -0.25) is 4.79 Å². The number of aliphatic hydroxyl groups excluding tert-OH is 1. The van der Waals surface area contributed by atoms with Crippen molar-refractivity contribution < 1.29 is 14.6 Å². The molecule has 1 fully saturated rings. The number of rotatable bonds is 5. The van der Waals surface area contributed by atoms with E-state index in [1.807, 2.05) is 30.3 Å². The van der Waals surface area contributed by atoms with Crippen LogP contribution in [0.25, 0.3) is 0 Å². The highest BCUT2D eigenvalue weighted by atomic mass is 35.5. The monoisotopic (exact) mass is 371 g/mol. The average molecular weight is 372 g/mol. The fourth-order valence-electron chi connectivity index (χ4n) is 3.83. The van der Waals surface area contributed by atoms with Gasteiger partial charge in [0.25, 0.3) is 0 Å². The van der Waals surface area contributed by atoms with Gasteiger partial charge in [-0.2, -0.15) is 0 Å². The van der Waals surface area contributed by atoms with E-state index in [0.29, 0.717) is 18.1 Å². The predicted octanol–water partition coefficient (Wildman–Crippen LogP) is 3.45. The second kappa shape index (κ2) is 7.29. The van der Waals surface area contributed by atoms with Crippen molar-refractivity contribution in [1.29, 1.82) is 0 Å². The Balaban J connectivity index is 1.51. The van der Waals surface area contributed by atoms with Crippen LogP contribution in [-0.2, 0) is 17.6 Å². The van der Waals surface area contributed by atoms with Gasteiger partial charge in [0.1, 0.15) is 5.75 Å². The molecule has 0 spiro atoms. The van der Waals surface area contributed by atoms with E-state index in [1.165, 1.54) is 5.56 Å². The molecule has 1 aliphatic carbocycles. The molecule has 4 rings (SSSR count). The minimum atomic E-state index is -0.259. The van der Waals surface area contributed by atoms with Crippen LogP contribution in [0.2, 0.25) is 5.02 Å².